The van der Waals surface area contributed by atoms with Crippen molar-refractivity contribution in [1.29, 1.82) is 0 Å². The van der Waals surface area contributed by atoms with E-state index in [2.05, 4.69) is 10.3 Å². The molecule has 0 amide bonds. The van der Waals surface area contributed by atoms with Crippen molar-refractivity contribution in [3.8, 4) is 5.69 Å². The zero-order valence-corrected chi connectivity index (χ0v) is 16.5. The molecule has 0 fully saturated rings. The first-order valence-corrected chi connectivity index (χ1v) is 9.45. The second-order valence-corrected chi connectivity index (χ2v) is 7.24. The molecule has 4 rings (SSSR count). The Morgan fingerprint density at radius 3 is 2.59 bits per heavy atom. The SMILES string of the molecule is CNCc1cnc2n1-c1ccc(C(F)(F)F)cc1C(c1ccccc1Cl)=NC2C. The molecule has 29 heavy (non-hydrogen) atoms. The van der Waals surface area contributed by atoms with Gasteiger partial charge in [-0.15, -0.1) is 0 Å². The Labute approximate surface area is 171 Å². The van der Waals surface area contributed by atoms with Crippen LogP contribution in [0.3, 0.4) is 0 Å². The molecular weight excluding hydrogens is 401 g/mol. The summed E-state index contributed by atoms with van der Waals surface area (Å²) < 4.78 is 42.3. The maximum absolute atomic E-state index is 13.5. The number of imidazole rings is 1. The van der Waals surface area contributed by atoms with E-state index in [0.29, 0.717) is 39.9 Å². The minimum Gasteiger partial charge on any atom is -0.314 e. The lowest BCUT2D eigenvalue weighted by molar-refractivity contribution is -0.137. The summed E-state index contributed by atoms with van der Waals surface area (Å²) in [5, 5.41) is 3.50. The van der Waals surface area contributed by atoms with E-state index in [-0.39, 0.29) is 6.04 Å². The minimum absolute atomic E-state index is 0.367. The molecule has 2 heterocycles. The molecule has 0 radical (unpaired) electrons. The zero-order valence-electron chi connectivity index (χ0n) is 15.8. The van der Waals surface area contributed by atoms with Crippen LogP contribution in [0.2, 0.25) is 5.02 Å². The second-order valence-electron chi connectivity index (χ2n) is 6.84. The van der Waals surface area contributed by atoms with E-state index in [1.165, 1.54) is 6.07 Å². The standard InChI is InChI=1S/C21H18ClF3N4/c1-12-20-27-11-14(10-26-2)29(20)18-8-7-13(21(23,24)25)9-16(18)19(28-12)15-5-3-4-6-17(15)22/h3-9,11-12,26H,10H2,1-2H3. The Morgan fingerprint density at radius 1 is 1.14 bits per heavy atom. The molecule has 8 heteroatoms. The number of aliphatic imine (C=N–C) groups is 1. The fourth-order valence-electron chi connectivity index (χ4n) is 3.57. The summed E-state index contributed by atoms with van der Waals surface area (Å²) in [5.74, 6) is 0.665. The number of nitrogens with one attached hydrogen (secondary N) is 1. The van der Waals surface area contributed by atoms with Gasteiger partial charge in [-0.25, -0.2) is 4.98 Å². The third kappa shape index (κ3) is 3.45. The maximum Gasteiger partial charge on any atom is 0.416 e. The van der Waals surface area contributed by atoms with Crippen LogP contribution in [0.25, 0.3) is 5.69 Å². The highest BCUT2D eigenvalue weighted by Crippen LogP contribution is 2.37. The molecule has 4 nitrogen and oxygen atoms in total. The molecule has 0 saturated heterocycles. The third-order valence-corrected chi connectivity index (χ3v) is 5.19. The smallest absolute Gasteiger partial charge is 0.314 e. The predicted molar refractivity (Wildman–Crippen MR) is 107 cm³/mol. The molecule has 1 N–H and O–H groups in total. The lowest BCUT2D eigenvalue weighted by Gasteiger charge is -2.17. The highest BCUT2D eigenvalue weighted by Gasteiger charge is 2.33. The van der Waals surface area contributed by atoms with Gasteiger partial charge in [-0.05, 0) is 38.2 Å². The van der Waals surface area contributed by atoms with E-state index in [1.807, 2.05) is 11.5 Å². The summed E-state index contributed by atoms with van der Waals surface area (Å²) in [5.41, 5.74) is 2.08. The molecule has 0 saturated carbocycles. The van der Waals surface area contributed by atoms with E-state index >= 15 is 0 Å². The highest BCUT2D eigenvalue weighted by atomic mass is 35.5. The molecule has 1 aromatic heterocycles. The van der Waals surface area contributed by atoms with Crippen molar-refractivity contribution in [2.75, 3.05) is 7.05 Å². The van der Waals surface area contributed by atoms with Gasteiger partial charge in [0, 0.05) is 22.7 Å². The van der Waals surface area contributed by atoms with Gasteiger partial charge < -0.3 is 5.32 Å². The van der Waals surface area contributed by atoms with Gasteiger partial charge in [0.2, 0.25) is 0 Å². The van der Waals surface area contributed by atoms with Gasteiger partial charge in [0.1, 0.15) is 11.9 Å². The average Bonchev–Trinajstić information content (AvgIpc) is 3.04. The van der Waals surface area contributed by atoms with Crippen LogP contribution in [-0.2, 0) is 12.7 Å². The molecule has 150 valence electrons. The number of benzene rings is 2. The van der Waals surface area contributed by atoms with Gasteiger partial charge in [-0.2, -0.15) is 13.2 Å². The quantitative estimate of drug-likeness (QED) is 0.637. The minimum atomic E-state index is -4.47. The molecule has 1 aliphatic heterocycles. The monoisotopic (exact) mass is 418 g/mol. The van der Waals surface area contributed by atoms with Gasteiger partial charge in [-0.3, -0.25) is 9.56 Å². The Hall–Kier alpha value is -2.64. The Balaban J connectivity index is 2.04. The number of fused-ring (bicyclic) bond motifs is 3. The number of nitrogens with zero attached hydrogens (tertiary/aromatic N) is 3. The van der Waals surface area contributed by atoms with Crippen LogP contribution >= 0.6 is 11.6 Å². The van der Waals surface area contributed by atoms with Crippen molar-refractivity contribution >= 4 is 17.3 Å². The van der Waals surface area contributed by atoms with Crippen molar-refractivity contribution in [3.63, 3.8) is 0 Å². The van der Waals surface area contributed by atoms with Crippen molar-refractivity contribution < 1.29 is 13.2 Å². The summed E-state index contributed by atoms with van der Waals surface area (Å²) in [7, 11) is 1.80. The molecule has 3 aromatic rings. The number of rotatable bonds is 3. The fraction of sp³-hybridized carbons (Fsp3) is 0.238. The van der Waals surface area contributed by atoms with Crippen molar-refractivity contribution in [3.05, 3.63) is 81.9 Å². The van der Waals surface area contributed by atoms with Gasteiger partial charge in [0.15, 0.2) is 0 Å². The first kappa shape index (κ1) is 19.7. The lowest BCUT2D eigenvalue weighted by Crippen LogP contribution is -2.15. The fourth-order valence-corrected chi connectivity index (χ4v) is 3.79. The molecule has 1 atom stereocenters. The van der Waals surface area contributed by atoms with Gasteiger partial charge in [0.25, 0.3) is 0 Å². The largest absolute Gasteiger partial charge is 0.416 e. The van der Waals surface area contributed by atoms with Crippen molar-refractivity contribution in [2.45, 2.75) is 25.7 Å². The van der Waals surface area contributed by atoms with Crippen LogP contribution in [0.5, 0.6) is 0 Å². The van der Waals surface area contributed by atoms with Crippen molar-refractivity contribution in [1.82, 2.24) is 14.9 Å². The molecule has 0 aliphatic carbocycles. The maximum atomic E-state index is 13.5. The van der Waals surface area contributed by atoms with Crippen LogP contribution in [0.1, 0.15) is 41.2 Å². The Kier molecular flexibility index (Phi) is 4.96. The van der Waals surface area contributed by atoms with E-state index in [0.717, 1.165) is 17.8 Å². The van der Waals surface area contributed by atoms with Crippen LogP contribution in [0.15, 0.2) is 53.7 Å². The van der Waals surface area contributed by atoms with Gasteiger partial charge >= 0.3 is 6.18 Å². The Bertz CT molecular complexity index is 1100. The number of halogens is 4. The van der Waals surface area contributed by atoms with Crippen LogP contribution < -0.4 is 5.32 Å². The molecule has 0 bridgehead atoms. The van der Waals surface area contributed by atoms with Crippen molar-refractivity contribution in [2.24, 2.45) is 4.99 Å². The lowest BCUT2D eigenvalue weighted by atomic mass is 9.98. The van der Waals surface area contributed by atoms with Crippen LogP contribution in [0.4, 0.5) is 13.2 Å². The predicted octanol–water partition coefficient (Wildman–Crippen LogP) is 5.18. The van der Waals surface area contributed by atoms with E-state index < -0.39 is 11.7 Å². The first-order valence-electron chi connectivity index (χ1n) is 9.07. The highest BCUT2D eigenvalue weighted by molar-refractivity contribution is 6.35. The first-order chi connectivity index (χ1) is 13.8. The van der Waals surface area contributed by atoms with Gasteiger partial charge in [0.05, 0.1) is 28.9 Å². The Morgan fingerprint density at radius 2 is 1.90 bits per heavy atom. The number of aromatic nitrogens is 2. The third-order valence-electron chi connectivity index (χ3n) is 4.87. The molecule has 0 spiro atoms. The normalized spacial score (nSPS) is 16.1. The summed E-state index contributed by atoms with van der Waals surface area (Å²) in [4.78, 5) is 9.25. The summed E-state index contributed by atoms with van der Waals surface area (Å²) >= 11 is 6.39. The second kappa shape index (κ2) is 7.31. The summed E-state index contributed by atoms with van der Waals surface area (Å²) in [6.07, 6.45) is -2.75. The van der Waals surface area contributed by atoms with Crippen LogP contribution in [-0.4, -0.2) is 22.3 Å². The van der Waals surface area contributed by atoms with E-state index in [9.17, 15) is 13.2 Å². The molecular formula is C21H18ClF3N4. The zero-order chi connectivity index (χ0) is 20.8. The van der Waals surface area contributed by atoms with Gasteiger partial charge in [-0.1, -0.05) is 29.8 Å². The molecule has 2 aromatic carbocycles. The number of alkyl halides is 3. The number of hydrogen-bond acceptors (Lipinski definition) is 3. The van der Waals surface area contributed by atoms with E-state index in [4.69, 9.17) is 16.6 Å². The average molecular weight is 419 g/mol. The summed E-state index contributed by atoms with van der Waals surface area (Å²) in [6.45, 7) is 2.39. The topological polar surface area (TPSA) is 42.2 Å². The molecule has 1 aliphatic rings. The molecule has 1 unspecified atom stereocenters. The number of hydrogen-bond donors (Lipinski definition) is 1. The summed E-state index contributed by atoms with van der Waals surface area (Å²) in [6, 6.07) is 10.4. The van der Waals surface area contributed by atoms with E-state index in [1.54, 1.807) is 37.5 Å². The van der Waals surface area contributed by atoms with Crippen LogP contribution in [0, 0.1) is 0 Å².